The van der Waals surface area contributed by atoms with Crippen LogP contribution in [-0.4, -0.2) is 23.8 Å². The number of hydrazone groups is 1. The van der Waals surface area contributed by atoms with Gasteiger partial charge >= 0.3 is 6.29 Å². The fourth-order valence-electron chi connectivity index (χ4n) is 1.87. The SMILES string of the molecule is O=C1CCC(C(=O)Nc2ccc3c(c2)OC(F)(F)O3)=NN1. The summed E-state index contributed by atoms with van der Waals surface area (Å²) in [5.74, 6) is -1.07. The van der Waals surface area contributed by atoms with Crippen molar-refractivity contribution in [3.63, 3.8) is 0 Å². The van der Waals surface area contributed by atoms with Crippen molar-refractivity contribution in [1.29, 1.82) is 0 Å². The highest BCUT2D eigenvalue weighted by Gasteiger charge is 2.43. The maximum absolute atomic E-state index is 12.9. The van der Waals surface area contributed by atoms with Crippen LogP contribution in [0.25, 0.3) is 0 Å². The summed E-state index contributed by atoms with van der Waals surface area (Å²) in [6.07, 6.45) is -3.33. The van der Waals surface area contributed by atoms with Crippen molar-refractivity contribution in [1.82, 2.24) is 5.43 Å². The molecule has 2 heterocycles. The Hall–Kier alpha value is -2.71. The van der Waals surface area contributed by atoms with Crippen LogP contribution in [0.15, 0.2) is 23.3 Å². The lowest BCUT2D eigenvalue weighted by Crippen LogP contribution is -2.32. The summed E-state index contributed by atoms with van der Waals surface area (Å²) >= 11 is 0. The van der Waals surface area contributed by atoms with Gasteiger partial charge in [0.1, 0.15) is 5.71 Å². The molecular formula is C12H9F2N3O4. The van der Waals surface area contributed by atoms with E-state index in [9.17, 15) is 18.4 Å². The maximum atomic E-state index is 12.9. The zero-order valence-corrected chi connectivity index (χ0v) is 10.5. The number of carbonyl (C=O) groups is 2. The molecule has 0 saturated carbocycles. The maximum Gasteiger partial charge on any atom is 0.586 e. The van der Waals surface area contributed by atoms with Crippen LogP contribution in [0.5, 0.6) is 11.5 Å². The van der Waals surface area contributed by atoms with Crippen molar-refractivity contribution < 1.29 is 27.8 Å². The predicted molar refractivity (Wildman–Crippen MR) is 66.1 cm³/mol. The molecule has 2 aliphatic heterocycles. The van der Waals surface area contributed by atoms with Gasteiger partial charge in [0.2, 0.25) is 5.91 Å². The number of carbonyl (C=O) groups excluding carboxylic acids is 2. The number of ether oxygens (including phenoxy) is 2. The Morgan fingerprint density at radius 2 is 2.05 bits per heavy atom. The number of fused-ring (bicyclic) bond motifs is 1. The monoisotopic (exact) mass is 297 g/mol. The number of alkyl halides is 2. The van der Waals surface area contributed by atoms with Crippen molar-refractivity contribution in [2.75, 3.05) is 5.32 Å². The third-order valence-electron chi connectivity index (χ3n) is 2.83. The smallest absolute Gasteiger partial charge is 0.395 e. The first-order valence-corrected chi connectivity index (χ1v) is 6.00. The quantitative estimate of drug-likeness (QED) is 0.858. The lowest BCUT2D eigenvalue weighted by Gasteiger charge is -2.12. The van der Waals surface area contributed by atoms with E-state index >= 15 is 0 Å². The number of anilines is 1. The van der Waals surface area contributed by atoms with Gasteiger partial charge in [0.05, 0.1) is 0 Å². The van der Waals surface area contributed by atoms with E-state index in [2.05, 4.69) is 25.3 Å². The molecule has 21 heavy (non-hydrogen) atoms. The molecule has 2 amide bonds. The Labute approximate surface area is 116 Å². The van der Waals surface area contributed by atoms with Gasteiger partial charge in [-0.05, 0) is 12.1 Å². The summed E-state index contributed by atoms with van der Waals surface area (Å²) in [5, 5.41) is 6.11. The molecule has 0 aliphatic carbocycles. The van der Waals surface area contributed by atoms with Gasteiger partial charge in [0.15, 0.2) is 11.5 Å². The van der Waals surface area contributed by atoms with E-state index in [-0.39, 0.29) is 41.6 Å². The second kappa shape index (κ2) is 4.69. The molecule has 1 aromatic carbocycles. The lowest BCUT2D eigenvalue weighted by atomic mass is 10.1. The molecule has 0 saturated heterocycles. The molecular weight excluding hydrogens is 288 g/mol. The molecule has 7 nitrogen and oxygen atoms in total. The van der Waals surface area contributed by atoms with Crippen molar-refractivity contribution in [2.24, 2.45) is 5.10 Å². The third kappa shape index (κ3) is 2.76. The van der Waals surface area contributed by atoms with Crippen molar-refractivity contribution >= 4 is 23.2 Å². The molecule has 0 spiro atoms. The second-order valence-corrected chi connectivity index (χ2v) is 4.38. The van der Waals surface area contributed by atoms with E-state index in [1.165, 1.54) is 18.2 Å². The van der Waals surface area contributed by atoms with Gasteiger partial charge in [0.25, 0.3) is 5.91 Å². The fourth-order valence-corrected chi connectivity index (χ4v) is 1.87. The van der Waals surface area contributed by atoms with Crippen LogP contribution < -0.4 is 20.2 Å². The average Bonchev–Trinajstić information content (AvgIpc) is 2.72. The van der Waals surface area contributed by atoms with E-state index in [4.69, 9.17) is 0 Å². The van der Waals surface area contributed by atoms with Crippen LogP contribution in [0.3, 0.4) is 0 Å². The molecule has 110 valence electrons. The molecule has 0 radical (unpaired) electrons. The van der Waals surface area contributed by atoms with Crippen LogP contribution in [0, 0.1) is 0 Å². The van der Waals surface area contributed by atoms with Crippen molar-refractivity contribution in [3.8, 4) is 11.5 Å². The number of hydrogen-bond donors (Lipinski definition) is 2. The Bertz CT molecular complexity index is 660. The van der Waals surface area contributed by atoms with Crippen molar-refractivity contribution in [2.45, 2.75) is 19.1 Å². The number of hydrogen-bond acceptors (Lipinski definition) is 5. The van der Waals surface area contributed by atoms with Gasteiger partial charge in [0, 0.05) is 24.6 Å². The van der Waals surface area contributed by atoms with Gasteiger partial charge in [-0.15, -0.1) is 8.78 Å². The summed E-state index contributed by atoms with van der Waals surface area (Å²) in [6.45, 7) is 0. The summed E-state index contributed by atoms with van der Waals surface area (Å²) in [4.78, 5) is 22.8. The molecule has 0 bridgehead atoms. The van der Waals surface area contributed by atoms with Crippen LogP contribution >= 0.6 is 0 Å². The number of amides is 2. The van der Waals surface area contributed by atoms with E-state index in [1.807, 2.05) is 0 Å². The standard InChI is InChI=1S/C12H9F2N3O4/c13-12(14)20-8-3-1-6(5-9(8)21-12)15-11(19)7-2-4-10(18)17-16-7/h1,3,5H,2,4H2,(H,15,19)(H,17,18). The Balaban J connectivity index is 1.72. The largest absolute Gasteiger partial charge is 0.586 e. The van der Waals surface area contributed by atoms with Gasteiger partial charge in [-0.25, -0.2) is 5.43 Å². The number of halogens is 2. The van der Waals surface area contributed by atoms with E-state index in [0.29, 0.717) is 0 Å². The molecule has 2 aliphatic rings. The zero-order chi connectivity index (χ0) is 15.0. The summed E-state index contributed by atoms with van der Waals surface area (Å²) in [6, 6.07) is 3.87. The molecule has 0 aromatic heterocycles. The molecule has 2 N–H and O–H groups in total. The highest BCUT2D eigenvalue weighted by Crippen LogP contribution is 2.42. The normalized spacial score (nSPS) is 18.8. The Kier molecular flexibility index (Phi) is 2.96. The first-order chi connectivity index (χ1) is 9.93. The van der Waals surface area contributed by atoms with Gasteiger partial charge < -0.3 is 14.8 Å². The predicted octanol–water partition coefficient (Wildman–Crippen LogP) is 1.21. The molecule has 0 unspecified atom stereocenters. The summed E-state index contributed by atoms with van der Waals surface area (Å²) < 4.78 is 34.3. The first kappa shape index (κ1) is 13.3. The first-order valence-electron chi connectivity index (χ1n) is 6.00. The van der Waals surface area contributed by atoms with Gasteiger partial charge in [-0.1, -0.05) is 0 Å². The average molecular weight is 297 g/mol. The summed E-state index contributed by atoms with van der Waals surface area (Å²) in [5.41, 5.74) is 2.60. The van der Waals surface area contributed by atoms with Crippen LogP contribution in [-0.2, 0) is 9.59 Å². The molecule has 3 rings (SSSR count). The molecule has 9 heteroatoms. The summed E-state index contributed by atoms with van der Waals surface area (Å²) in [7, 11) is 0. The van der Waals surface area contributed by atoms with Crippen LogP contribution in [0.4, 0.5) is 14.5 Å². The van der Waals surface area contributed by atoms with Gasteiger partial charge in [-0.2, -0.15) is 5.10 Å². The number of benzene rings is 1. The number of nitrogens with one attached hydrogen (secondary N) is 2. The Morgan fingerprint density at radius 3 is 2.76 bits per heavy atom. The molecule has 0 atom stereocenters. The Morgan fingerprint density at radius 1 is 1.29 bits per heavy atom. The number of rotatable bonds is 2. The third-order valence-corrected chi connectivity index (χ3v) is 2.83. The van der Waals surface area contributed by atoms with Crippen LogP contribution in [0.2, 0.25) is 0 Å². The lowest BCUT2D eigenvalue weighted by molar-refractivity contribution is -0.286. The van der Waals surface area contributed by atoms with Crippen LogP contribution in [0.1, 0.15) is 12.8 Å². The number of nitrogens with zero attached hydrogens (tertiary/aromatic N) is 1. The highest BCUT2D eigenvalue weighted by molar-refractivity contribution is 6.43. The molecule has 0 fully saturated rings. The molecule has 1 aromatic rings. The second-order valence-electron chi connectivity index (χ2n) is 4.38. The topological polar surface area (TPSA) is 89.0 Å². The van der Waals surface area contributed by atoms with Crippen molar-refractivity contribution in [3.05, 3.63) is 18.2 Å². The zero-order valence-electron chi connectivity index (χ0n) is 10.5. The van der Waals surface area contributed by atoms with E-state index in [0.717, 1.165) is 0 Å². The fraction of sp³-hybridized carbons (Fsp3) is 0.250. The minimum Gasteiger partial charge on any atom is -0.395 e. The highest BCUT2D eigenvalue weighted by atomic mass is 19.3. The van der Waals surface area contributed by atoms with E-state index < -0.39 is 12.2 Å². The van der Waals surface area contributed by atoms with Gasteiger partial charge in [-0.3, -0.25) is 9.59 Å². The minimum absolute atomic E-state index is 0.111. The van der Waals surface area contributed by atoms with E-state index in [1.54, 1.807) is 0 Å². The minimum atomic E-state index is -3.71.